The van der Waals surface area contributed by atoms with Crippen LogP contribution in [-0.4, -0.2) is 82.0 Å². The molecule has 7 rings (SSSR count). The van der Waals surface area contributed by atoms with E-state index in [1.807, 2.05) is 0 Å². The Morgan fingerprint density at radius 2 is 1.83 bits per heavy atom. The van der Waals surface area contributed by atoms with Crippen LogP contribution in [0.25, 0.3) is 33.3 Å². The number of ether oxygens (including phenoxy) is 1. The Morgan fingerprint density at radius 3 is 2.54 bits per heavy atom. The van der Waals surface area contributed by atoms with Gasteiger partial charge in [0.15, 0.2) is 11.6 Å². The fourth-order valence-corrected chi connectivity index (χ4v) is 7.55. The molecule has 2 saturated heterocycles. The molecule has 3 aromatic heterocycles. The standard InChI is InChI=1S/C35H36F2N6O5/c1-35(2,3)48-34(47)42(6)25-11-23(36)29(37)27-19(25)10-24-28(27)30(43-8-7-17-14-40(4)16-26(17)43)21(13-38-24)18-9-20-31(44)22(33(45)46)15-41(5)32(20)39-12-18/h9,11-13,15,17,26H,7-8,10,14,16H2,1-6H3,(H,45,46)/t17-,26+/m0/s1. The maximum Gasteiger partial charge on any atom is 0.414 e. The number of benzene rings is 1. The molecule has 1 N–H and O–H groups in total. The second-order valence-electron chi connectivity index (χ2n) is 14.0. The molecular weight excluding hydrogens is 622 g/mol. The van der Waals surface area contributed by atoms with E-state index in [1.54, 1.807) is 46.3 Å². The van der Waals surface area contributed by atoms with Crippen LogP contribution in [-0.2, 0) is 18.2 Å². The molecule has 48 heavy (non-hydrogen) atoms. The molecule has 0 radical (unpaired) electrons. The summed E-state index contributed by atoms with van der Waals surface area (Å²) < 4.78 is 38.8. The topological polar surface area (TPSA) is 121 Å². The maximum absolute atomic E-state index is 16.2. The van der Waals surface area contributed by atoms with Gasteiger partial charge in [-0.3, -0.25) is 14.7 Å². The van der Waals surface area contributed by atoms with Crippen LogP contribution in [0.4, 0.5) is 25.0 Å². The highest BCUT2D eigenvalue weighted by molar-refractivity contribution is 6.00. The van der Waals surface area contributed by atoms with Crippen molar-refractivity contribution in [3.8, 4) is 22.3 Å². The molecule has 0 bridgehead atoms. The molecule has 13 heteroatoms. The summed E-state index contributed by atoms with van der Waals surface area (Å²) in [5.41, 5.74) is 1.71. The van der Waals surface area contributed by atoms with Crippen molar-refractivity contribution in [2.75, 3.05) is 43.5 Å². The number of hydrogen-bond acceptors (Lipinski definition) is 8. The van der Waals surface area contributed by atoms with E-state index in [-0.39, 0.29) is 34.7 Å². The molecule has 1 aromatic carbocycles. The van der Waals surface area contributed by atoms with Gasteiger partial charge in [0.1, 0.15) is 16.8 Å². The van der Waals surface area contributed by atoms with Crippen LogP contribution in [0.3, 0.4) is 0 Å². The van der Waals surface area contributed by atoms with Gasteiger partial charge < -0.3 is 24.2 Å². The number of carboxylic acids is 1. The van der Waals surface area contributed by atoms with Crippen LogP contribution >= 0.6 is 0 Å². The minimum atomic E-state index is -1.35. The van der Waals surface area contributed by atoms with Crippen molar-refractivity contribution in [1.29, 1.82) is 0 Å². The molecule has 11 nitrogen and oxygen atoms in total. The Hall–Kier alpha value is -4.91. The van der Waals surface area contributed by atoms with Gasteiger partial charge in [0.25, 0.3) is 0 Å². The molecule has 0 unspecified atom stereocenters. The van der Waals surface area contributed by atoms with Gasteiger partial charge in [-0.25, -0.2) is 23.4 Å². The summed E-state index contributed by atoms with van der Waals surface area (Å²) in [4.78, 5) is 53.3. The highest BCUT2D eigenvalue weighted by Crippen LogP contribution is 2.52. The molecule has 2 fully saturated rings. The minimum Gasteiger partial charge on any atom is -0.477 e. The van der Waals surface area contributed by atoms with Crippen LogP contribution < -0.4 is 15.2 Å². The third-order valence-corrected chi connectivity index (χ3v) is 9.63. The highest BCUT2D eigenvalue weighted by atomic mass is 19.2. The van der Waals surface area contributed by atoms with Crippen molar-refractivity contribution in [2.45, 2.75) is 45.3 Å². The average Bonchev–Trinajstić information content (AvgIpc) is 3.71. The molecule has 0 saturated carbocycles. The van der Waals surface area contributed by atoms with E-state index in [4.69, 9.17) is 9.72 Å². The lowest BCUT2D eigenvalue weighted by molar-refractivity contribution is 0.0588. The first kappa shape index (κ1) is 31.7. The second kappa shape index (κ2) is 11.1. The van der Waals surface area contributed by atoms with Gasteiger partial charge in [-0.1, -0.05) is 0 Å². The van der Waals surface area contributed by atoms with Gasteiger partial charge in [-0.15, -0.1) is 0 Å². The van der Waals surface area contributed by atoms with Gasteiger partial charge >= 0.3 is 12.1 Å². The Bertz CT molecular complexity index is 2110. The number of likely N-dealkylation sites (N-methyl/N-ethyl adjacent to an activating group) is 1. The molecular formula is C35H36F2N6O5. The number of anilines is 2. The Labute approximate surface area is 275 Å². The van der Waals surface area contributed by atoms with Crippen molar-refractivity contribution < 1.29 is 28.2 Å². The number of amides is 1. The molecule has 1 aliphatic carbocycles. The fourth-order valence-electron chi connectivity index (χ4n) is 7.55. The number of aromatic carboxylic acids is 1. The van der Waals surface area contributed by atoms with Gasteiger partial charge in [-0.05, 0) is 51.8 Å². The molecule has 0 spiro atoms. The molecule has 2 aliphatic heterocycles. The largest absolute Gasteiger partial charge is 0.477 e. The summed E-state index contributed by atoms with van der Waals surface area (Å²) in [6.45, 7) is 7.52. The normalized spacial score (nSPS) is 18.6. The number of rotatable bonds is 4. The molecule has 4 aromatic rings. The lowest BCUT2D eigenvalue weighted by Crippen LogP contribution is -2.35. The van der Waals surface area contributed by atoms with E-state index in [9.17, 15) is 19.5 Å². The molecule has 2 atom stereocenters. The van der Waals surface area contributed by atoms with Crippen molar-refractivity contribution in [2.24, 2.45) is 13.0 Å². The van der Waals surface area contributed by atoms with E-state index in [0.29, 0.717) is 51.7 Å². The van der Waals surface area contributed by atoms with Crippen molar-refractivity contribution >= 4 is 34.5 Å². The quantitative estimate of drug-likeness (QED) is 0.283. The second-order valence-corrected chi connectivity index (χ2v) is 14.0. The number of fused-ring (bicyclic) bond motifs is 5. The van der Waals surface area contributed by atoms with Gasteiger partial charge in [0, 0.05) is 93.1 Å². The molecule has 250 valence electrons. The molecule has 3 aliphatic rings. The number of nitrogens with zero attached hydrogens (tertiary/aromatic N) is 6. The number of pyridine rings is 3. The molecule has 5 heterocycles. The number of aromatic nitrogens is 3. The monoisotopic (exact) mass is 658 g/mol. The van der Waals surface area contributed by atoms with Crippen LogP contribution in [0.2, 0.25) is 0 Å². The van der Waals surface area contributed by atoms with E-state index in [1.165, 1.54) is 22.7 Å². The minimum absolute atomic E-state index is 0.0346. The predicted molar refractivity (Wildman–Crippen MR) is 177 cm³/mol. The summed E-state index contributed by atoms with van der Waals surface area (Å²) in [6.07, 6.45) is 4.83. The van der Waals surface area contributed by atoms with Crippen LogP contribution in [0.5, 0.6) is 0 Å². The number of hydrogen-bond donors (Lipinski definition) is 1. The zero-order chi connectivity index (χ0) is 34.4. The highest BCUT2D eigenvalue weighted by Gasteiger charge is 2.44. The van der Waals surface area contributed by atoms with Crippen LogP contribution in [0, 0.1) is 17.6 Å². The van der Waals surface area contributed by atoms with Gasteiger partial charge in [-0.2, -0.15) is 0 Å². The Balaban J connectivity index is 1.48. The SMILES string of the molecule is CN1C[C@@H]2CCN(c3c(-c4cnc5c(c4)c(=O)c(C(=O)O)cn5C)cnc4c3-c3c(F)c(F)cc(N(C)C(=O)OC(C)(C)C)c3C4)[C@@H]2C1. The van der Waals surface area contributed by atoms with E-state index >= 15 is 8.78 Å². The zero-order valence-electron chi connectivity index (χ0n) is 27.6. The first-order chi connectivity index (χ1) is 22.6. The van der Waals surface area contributed by atoms with E-state index < -0.39 is 34.7 Å². The van der Waals surface area contributed by atoms with Crippen molar-refractivity contribution in [3.05, 3.63) is 69.4 Å². The Kier molecular flexibility index (Phi) is 7.31. The van der Waals surface area contributed by atoms with Crippen LogP contribution in [0.15, 0.2) is 35.5 Å². The number of carbonyl (C=O) groups excluding carboxylic acids is 1. The summed E-state index contributed by atoms with van der Waals surface area (Å²) in [5, 5.41) is 9.79. The first-order valence-corrected chi connectivity index (χ1v) is 15.8. The number of carbonyl (C=O) groups is 2. The van der Waals surface area contributed by atoms with E-state index in [0.717, 1.165) is 25.6 Å². The van der Waals surface area contributed by atoms with Gasteiger partial charge in [0.05, 0.1) is 22.5 Å². The van der Waals surface area contributed by atoms with Crippen molar-refractivity contribution in [3.63, 3.8) is 0 Å². The van der Waals surface area contributed by atoms with E-state index in [2.05, 4.69) is 21.8 Å². The summed E-state index contributed by atoms with van der Waals surface area (Å²) in [5.74, 6) is -3.14. The van der Waals surface area contributed by atoms with Gasteiger partial charge in [0.2, 0.25) is 5.43 Å². The lowest BCUT2D eigenvalue weighted by Gasteiger charge is -2.31. The zero-order valence-corrected chi connectivity index (χ0v) is 27.6. The third kappa shape index (κ3) is 4.99. The lowest BCUT2D eigenvalue weighted by atomic mass is 9.96. The summed E-state index contributed by atoms with van der Waals surface area (Å²) in [7, 11) is 5.14. The number of likely N-dealkylation sites (tertiary alicyclic amines) is 1. The number of aryl methyl sites for hydroxylation is 1. The summed E-state index contributed by atoms with van der Waals surface area (Å²) in [6, 6.07) is 2.70. The number of carboxylic acid groups (broad SMARTS) is 1. The third-order valence-electron chi connectivity index (χ3n) is 9.63. The summed E-state index contributed by atoms with van der Waals surface area (Å²) >= 11 is 0. The van der Waals surface area contributed by atoms with Crippen LogP contribution in [0.1, 0.15) is 48.8 Å². The predicted octanol–water partition coefficient (Wildman–Crippen LogP) is 5.05. The molecule has 1 amide bonds. The fraction of sp³-hybridized carbons (Fsp3) is 0.400. The first-order valence-electron chi connectivity index (χ1n) is 15.8. The number of halogens is 2. The Morgan fingerprint density at radius 1 is 1.08 bits per heavy atom. The average molecular weight is 659 g/mol. The maximum atomic E-state index is 16.2. The smallest absolute Gasteiger partial charge is 0.414 e. The van der Waals surface area contributed by atoms with Crippen molar-refractivity contribution in [1.82, 2.24) is 19.4 Å².